The van der Waals surface area contributed by atoms with Crippen LogP contribution in [-0.2, 0) is 4.79 Å². The monoisotopic (exact) mass is 296 g/mol. The molecule has 1 amide bonds. The van der Waals surface area contributed by atoms with E-state index in [4.69, 9.17) is 0 Å². The molecule has 0 aliphatic carbocycles. The maximum absolute atomic E-state index is 13.4. The maximum Gasteiger partial charge on any atom is 0.223 e. The van der Waals surface area contributed by atoms with Gasteiger partial charge in [0.2, 0.25) is 5.91 Å². The van der Waals surface area contributed by atoms with Crippen LogP contribution >= 0.6 is 0 Å². The van der Waals surface area contributed by atoms with Crippen molar-refractivity contribution in [2.45, 2.75) is 32.7 Å². The second-order valence-electron chi connectivity index (χ2n) is 5.93. The van der Waals surface area contributed by atoms with Gasteiger partial charge in [-0.15, -0.1) is 0 Å². The molecule has 1 aromatic carbocycles. The van der Waals surface area contributed by atoms with Crippen molar-refractivity contribution in [3.63, 3.8) is 0 Å². The van der Waals surface area contributed by atoms with Crippen molar-refractivity contribution in [2.24, 2.45) is 11.8 Å². The molecule has 0 radical (unpaired) electrons. The van der Waals surface area contributed by atoms with Gasteiger partial charge in [0, 0.05) is 5.92 Å². The standard InChI is InChI=1S/C16H22F2N2O/c1-10(2)15(12-3-4-13(17)14(18)9-12)20-16(21)11-5-7-19-8-6-11/h3-4,9-11,15,19H,5-8H2,1-2H3,(H,20,21)/t15-/m0/s1. The van der Waals surface area contributed by atoms with Gasteiger partial charge in [-0.1, -0.05) is 19.9 Å². The summed E-state index contributed by atoms with van der Waals surface area (Å²) >= 11 is 0. The van der Waals surface area contributed by atoms with Crippen LogP contribution < -0.4 is 10.6 Å². The van der Waals surface area contributed by atoms with E-state index < -0.39 is 11.6 Å². The number of halogens is 2. The number of hydrogen-bond acceptors (Lipinski definition) is 2. The Balaban J connectivity index is 2.11. The molecule has 1 atom stereocenters. The lowest BCUT2D eigenvalue weighted by atomic mass is 9.92. The van der Waals surface area contributed by atoms with Crippen molar-refractivity contribution in [3.05, 3.63) is 35.4 Å². The molecule has 1 aliphatic heterocycles. The number of carbonyl (C=O) groups excluding carboxylic acids is 1. The zero-order valence-corrected chi connectivity index (χ0v) is 12.5. The van der Waals surface area contributed by atoms with E-state index in [2.05, 4.69) is 10.6 Å². The van der Waals surface area contributed by atoms with Crippen LogP contribution in [0.25, 0.3) is 0 Å². The van der Waals surface area contributed by atoms with Crippen molar-refractivity contribution in [1.82, 2.24) is 10.6 Å². The van der Waals surface area contributed by atoms with Gasteiger partial charge >= 0.3 is 0 Å². The van der Waals surface area contributed by atoms with Gasteiger partial charge in [0.1, 0.15) is 0 Å². The topological polar surface area (TPSA) is 41.1 Å². The number of carbonyl (C=O) groups is 1. The zero-order valence-electron chi connectivity index (χ0n) is 12.5. The highest BCUT2D eigenvalue weighted by molar-refractivity contribution is 5.79. The van der Waals surface area contributed by atoms with E-state index in [1.54, 1.807) is 0 Å². The van der Waals surface area contributed by atoms with Gasteiger partial charge in [0.25, 0.3) is 0 Å². The van der Waals surface area contributed by atoms with Gasteiger partial charge < -0.3 is 10.6 Å². The molecule has 0 aromatic heterocycles. The van der Waals surface area contributed by atoms with Crippen molar-refractivity contribution < 1.29 is 13.6 Å². The zero-order chi connectivity index (χ0) is 15.4. The number of hydrogen-bond donors (Lipinski definition) is 2. The Kier molecular flexibility index (Phi) is 5.28. The molecule has 1 aromatic rings. The smallest absolute Gasteiger partial charge is 0.223 e. The third kappa shape index (κ3) is 4.00. The van der Waals surface area contributed by atoms with E-state index in [0.29, 0.717) is 5.56 Å². The van der Waals surface area contributed by atoms with E-state index in [0.717, 1.165) is 32.0 Å². The SMILES string of the molecule is CC(C)[C@H](NC(=O)C1CCNCC1)c1ccc(F)c(F)c1. The maximum atomic E-state index is 13.4. The number of amides is 1. The molecule has 2 rings (SSSR count). The Morgan fingerprint density at radius 3 is 2.48 bits per heavy atom. The largest absolute Gasteiger partial charge is 0.349 e. The summed E-state index contributed by atoms with van der Waals surface area (Å²) in [6.45, 7) is 5.59. The van der Waals surface area contributed by atoms with E-state index in [1.807, 2.05) is 13.8 Å². The van der Waals surface area contributed by atoms with Crippen molar-refractivity contribution in [2.75, 3.05) is 13.1 Å². The van der Waals surface area contributed by atoms with E-state index in [1.165, 1.54) is 12.1 Å². The summed E-state index contributed by atoms with van der Waals surface area (Å²) in [7, 11) is 0. The van der Waals surface area contributed by atoms with Gasteiger partial charge in [0.15, 0.2) is 11.6 Å². The number of piperidine rings is 1. The van der Waals surface area contributed by atoms with Crippen LogP contribution in [0.1, 0.15) is 38.3 Å². The van der Waals surface area contributed by atoms with Crippen molar-refractivity contribution in [3.8, 4) is 0 Å². The first kappa shape index (κ1) is 15.9. The van der Waals surface area contributed by atoms with Crippen molar-refractivity contribution in [1.29, 1.82) is 0 Å². The second kappa shape index (κ2) is 6.98. The summed E-state index contributed by atoms with van der Waals surface area (Å²) in [4.78, 5) is 12.3. The Hall–Kier alpha value is -1.49. The average Bonchev–Trinajstić information content (AvgIpc) is 2.48. The van der Waals surface area contributed by atoms with Crippen LogP contribution in [0.4, 0.5) is 8.78 Å². The Morgan fingerprint density at radius 1 is 1.24 bits per heavy atom. The molecule has 5 heteroatoms. The minimum absolute atomic E-state index is 0.0000619. The molecule has 21 heavy (non-hydrogen) atoms. The fourth-order valence-electron chi connectivity index (χ4n) is 2.70. The number of rotatable bonds is 4. The van der Waals surface area contributed by atoms with Crippen LogP contribution in [0.5, 0.6) is 0 Å². The van der Waals surface area contributed by atoms with E-state index in [-0.39, 0.29) is 23.8 Å². The lowest BCUT2D eigenvalue weighted by molar-refractivity contribution is -0.126. The minimum Gasteiger partial charge on any atom is -0.349 e. The first-order chi connectivity index (χ1) is 9.99. The highest BCUT2D eigenvalue weighted by Crippen LogP contribution is 2.24. The molecule has 116 valence electrons. The van der Waals surface area contributed by atoms with Crippen LogP contribution in [0.15, 0.2) is 18.2 Å². The summed E-state index contributed by atoms with van der Waals surface area (Å²) in [6, 6.07) is 3.51. The fraction of sp³-hybridized carbons (Fsp3) is 0.562. The Labute approximate surface area is 124 Å². The summed E-state index contributed by atoms with van der Waals surface area (Å²) < 4.78 is 26.4. The molecule has 1 fully saturated rings. The van der Waals surface area contributed by atoms with Crippen LogP contribution in [0, 0.1) is 23.5 Å². The molecule has 0 saturated carbocycles. The lowest BCUT2D eigenvalue weighted by Gasteiger charge is -2.27. The first-order valence-electron chi connectivity index (χ1n) is 7.45. The molecule has 3 nitrogen and oxygen atoms in total. The Morgan fingerprint density at radius 2 is 1.90 bits per heavy atom. The van der Waals surface area contributed by atoms with Gasteiger partial charge in [-0.3, -0.25) is 4.79 Å². The molecule has 0 spiro atoms. The third-order valence-electron chi connectivity index (χ3n) is 3.98. The molecule has 2 N–H and O–H groups in total. The molecule has 0 unspecified atom stereocenters. The van der Waals surface area contributed by atoms with Crippen molar-refractivity contribution >= 4 is 5.91 Å². The summed E-state index contributed by atoms with van der Waals surface area (Å²) in [5.74, 6) is -1.65. The van der Waals surface area contributed by atoms with Gasteiger partial charge in [0.05, 0.1) is 6.04 Å². The fourth-order valence-corrected chi connectivity index (χ4v) is 2.70. The predicted octanol–water partition coefficient (Wildman–Crippen LogP) is 2.78. The summed E-state index contributed by atoms with van der Waals surface area (Å²) in [5, 5.41) is 6.21. The highest BCUT2D eigenvalue weighted by atomic mass is 19.2. The molecule has 1 saturated heterocycles. The third-order valence-corrected chi connectivity index (χ3v) is 3.98. The second-order valence-corrected chi connectivity index (χ2v) is 5.93. The first-order valence-corrected chi connectivity index (χ1v) is 7.45. The van der Waals surface area contributed by atoms with Gasteiger partial charge in [-0.05, 0) is 49.5 Å². The number of nitrogens with one attached hydrogen (secondary N) is 2. The molecule has 1 heterocycles. The highest BCUT2D eigenvalue weighted by Gasteiger charge is 2.25. The van der Waals surface area contributed by atoms with Crippen LogP contribution in [-0.4, -0.2) is 19.0 Å². The lowest BCUT2D eigenvalue weighted by Crippen LogP contribution is -2.40. The molecular weight excluding hydrogens is 274 g/mol. The van der Waals surface area contributed by atoms with E-state index >= 15 is 0 Å². The van der Waals surface area contributed by atoms with Crippen LogP contribution in [0.3, 0.4) is 0 Å². The summed E-state index contributed by atoms with van der Waals surface area (Å²) in [5.41, 5.74) is 0.603. The predicted molar refractivity (Wildman–Crippen MR) is 77.7 cm³/mol. The molecule has 0 bridgehead atoms. The molecule has 1 aliphatic rings. The van der Waals surface area contributed by atoms with Gasteiger partial charge in [-0.25, -0.2) is 8.78 Å². The average molecular weight is 296 g/mol. The normalized spacial score (nSPS) is 17.8. The number of benzene rings is 1. The van der Waals surface area contributed by atoms with Crippen LogP contribution in [0.2, 0.25) is 0 Å². The van der Waals surface area contributed by atoms with Gasteiger partial charge in [-0.2, -0.15) is 0 Å². The van der Waals surface area contributed by atoms with E-state index in [9.17, 15) is 13.6 Å². The minimum atomic E-state index is -0.880. The Bertz CT molecular complexity index is 499. The summed E-state index contributed by atoms with van der Waals surface area (Å²) in [6.07, 6.45) is 1.63. The molecular formula is C16H22F2N2O. The quantitative estimate of drug-likeness (QED) is 0.897.